The third kappa shape index (κ3) is 3.75. The quantitative estimate of drug-likeness (QED) is 0.753. The van der Waals surface area contributed by atoms with Gasteiger partial charge in [-0.25, -0.2) is 9.97 Å². The first-order chi connectivity index (χ1) is 11.6. The van der Waals surface area contributed by atoms with Gasteiger partial charge in [0.05, 0.1) is 12.1 Å². The van der Waals surface area contributed by atoms with Crippen molar-refractivity contribution in [3.63, 3.8) is 0 Å². The van der Waals surface area contributed by atoms with Crippen LogP contribution in [0.3, 0.4) is 0 Å². The van der Waals surface area contributed by atoms with E-state index in [2.05, 4.69) is 25.5 Å². The number of aryl methyl sites for hydroxylation is 2. The molecule has 1 amide bonds. The molecule has 2 aromatic heterocycles. The molecule has 1 aromatic carbocycles. The monoisotopic (exact) mass is 323 g/mol. The van der Waals surface area contributed by atoms with Gasteiger partial charge >= 0.3 is 6.01 Å². The molecule has 3 aromatic rings. The Balaban J connectivity index is 1.61. The maximum Gasteiger partial charge on any atom is 0.321 e. The van der Waals surface area contributed by atoms with Crippen LogP contribution < -0.4 is 10.1 Å². The minimum absolute atomic E-state index is 0.0948. The number of anilines is 1. The molecule has 0 aliphatic heterocycles. The smallest absolute Gasteiger partial charge is 0.321 e. The first-order valence-electron chi connectivity index (χ1n) is 7.47. The van der Waals surface area contributed by atoms with E-state index in [1.165, 1.54) is 0 Å². The van der Waals surface area contributed by atoms with Crippen molar-refractivity contribution in [1.82, 2.24) is 20.2 Å². The van der Waals surface area contributed by atoms with Gasteiger partial charge in [0.2, 0.25) is 5.91 Å². The van der Waals surface area contributed by atoms with Gasteiger partial charge in [-0.05, 0) is 44.2 Å². The zero-order chi connectivity index (χ0) is 16.9. The zero-order valence-electron chi connectivity index (χ0n) is 13.4. The summed E-state index contributed by atoms with van der Waals surface area (Å²) in [5.74, 6) is 0.503. The molecule has 0 saturated carbocycles. The third-order valence-corrected chi connectivity index (χ3v) is 3.51. The number of aromatic amines is 1. The molecule has 3 rings (SSSR count). The van der Waals surface area contributed by atoms with E-state index in [4.69, 9.17) is 4.74 Å². The highest BCUT2D eigenvalue weighted by molar-refractivity contribution is 5.92. The normalized spacial score (nSPS) is 10.4. The number of benzene rings is 1. The fraction of sp³-hybridized carbons (Fsp3) is 0.176. The predicted molar refractivity (Wildman–Crippen MR) is 88.9 cm³/mol. The number of nitrogens with one attached hydrogen (secondary N) is 2. The van der Waals surface area contributed by atoms with Gasteiger partial charge in [0, 0.05) is 29.3 Å². The summed E-state index contributed by atoms with van der Waals surface area (Å²) >= 11 is 0. The summed E-state index contributed by atoms with van der Waals surface area (Å²) in [6, 6.07) is 9.03. The lowest BCUT2D eigenvalue weighted by Crippen LogP contribution is -2.15. The van der Waals surface area contributed by atoms with E-state index < -0.39 is 0 Å². The predicted octanol–water partition coefficient (Wildman–Crippen LogP) is 2.79. The van der Waals surface area contributed by atoms with Crippen LogP contribution in [0.1, 0.15) is 17.0 Å². The number of amides is 1. The average molecular weight is 323 g/mol. The topological polar surface area (TPSA) is 92.8 Å². The number of hydrogen-bond donors (Lipinski definition) is 2. The zero-order valence-corrected chi connectivity index (χ0v) is 13.4. The molecule has 122 valence electrons. The number of carbonyl (C=O) groups is 1. The molecular weight excluding hydrogens is 306 g/mol. The molecule has 0 radical (unpaired) electrons. The number of ether oxygens (including phenoxy) is 1. The van der Waals surface area contributed by atoms with Crippen molar-refractivity contribution in [1.29, 1.82) is 0 Å². The fourth-order valence-corrected chi connectivity index (χ4v) is 2.25. The second kappa shape index (κ2) is 6.91. The Morgan fingerprint density at radius 1 is 1.17 bits per heavy atom. The van der Waals surface area contributed by atoms with E-state index in [0.29, 0.717) is 11.4 Å². The molecule has 0 unspecified atom stereocenters. The van der Waals surface area contributed by atoms with Crippen LogP contribution in [0.25, 0.3) is 0 Å². The van der Waals surface area contributed by atoms with Crippen LogP contribution in [-0.4, -0.2) is 26.1 Å². The van der Waals surface area contributed by atoms with Gasteiger partial charge in [0.15, 0.2) is 0 Å². The summed E-state index contributed by atoms with van der Waals surface area (Å²) in [4.78, 5) is 20.1. The molecule has 0 aliphatic carbocycles. The summed E-state index contributed by atoms with van der Waals surface area (Å²) in [5, 5.41) is 9.83. The largest absolute Gasteiger partial charge is 0.424 e. The van der Waals surface area contributed by atoms with Crippen LogP contribution in [0, 0.1) is 13.8 Å². The second-order valence-electron chi connectivity index (χ2n) is 5.30. The van der Waals surface area contributed by atoms with Gasteiger partial charge in [-0.1, -0.05) is 0 Å². The second-order valence-corrected chi connectivity index (χ2v) is 5.30. The van der Waals surface area contributed by atoms with Gasteiger partial charge in [-0.2, -0.15) is 5.10 Å². The van der Waals surface area contributed by atoms with E-state index in [0.717, 1.165) is 17.0 Å². The van der Waals surface area contributed by atoms with Crippen LogP contribution in [0.2, 0.25) is 0 Å². The van der Waals surface area contributed by atoms with Crippen LogP contribution in [-0.2, 0) is 11.2 Å². The Morgan fingerprint density at radius 2 is 1.88 bits per heavy atom. The van der Waals surface area contributed by atoms with Gasteiger partial charge < -0.3 is 10.1 Å². The van der Waals surface area contributed by atoms with Crippen LogP contribution >= 0.6 is 0 Å². The molecule has 7 nitrogen and oxygen atoms in total. The number of carbonyl (C=O) groups excluding carboxylic acids is 1. The molecule has 7 heteroatoms. The average Bonchev–Trinajstić information content (AvgIpc) is 2.89. The molecule has 0 bridgehead atoms. The minimum atomic E-state index is -0.0948. The van der Waals surface area contributed by atoms with Crippen molar-refractivity contribution in [2.24, 2.45) is 0 Å². The van der Waals surface area contributed by atoms with Crippen molar-refractivity contribution in [2.45, 2.75) is 20.3 Å². The summed E-state index contributed by atoms with van der Waals surface area (Å²) < 4.78 is 5.51. The van der Waals surface area contributed by atoms with Gasteiger partial charge in [0.1, 0.15) is 5.75 Å². The summed E-state index contributed by atoms with van der Waals surface area (Å²) in [6.07, 6.45) is 3.50. The van der Waals surface area contributed by atoms with Crippen molar-refractivity contribution < 1.29 is 9.53 Å². The summed E-state index contributed by atoms with van der Waals surface area (Å²) in [5.41, 5.74) is 3.37. The van der Waals surface area contributed by atoms with E-state index in [-0.39, 0.29) is 18.3 Å². The lowest BCUT2D eigenvalue weighted by molar-refractivity contribution is -0.115. The standard InChI is InChI=1S/C17H17N5O2/c1-11-15(12(2)22-21-11)10-16(23)20-13-4-6-14(7-5-13)24-17-18-8-3-9-19-17/h3-9H,10H2,1-2H3,(H,20,23)(H,21,22). The van der Waals surface area contributed by atoms with E-state index in [1.807, 2.05) is 13.8 Å². The number of aromatic nitrogens is 4. The summed E-state index contributed by atoms with van der Waals surface area (Å²) in [7, 11) is 0. The minimum Gasteiger partial charge on any atom is -0.424 e. The molecule has 0 atom stereocenters. The third-order valence-electron chi connectivity index (χ3n) is 3.51. The Bertz CT molecular complexity index is 808. The Morgan fingerprint density at radius 3 is 2.50 bits per heavy atom. The first kappa shape index (κ1) is 15.7. The van der Waals surface area contributed by atoms with Gasteiger partial charge in [-0.3, -0.25) is 9.89 Å². The fourth-order valence-electron chi connectivity index (χ4n) is 2.25. The molecule has 0 spiro atoms. The lowest BCUT2D eigenvalue weighted by atomic mass is 10.1. The van der Waals surface area contributed by atoms with Crippen LogP contribution in [0.5, 0.6) is 11.8 Å². The van der Waals surface area contributed by atoms with E-state index >= 15 is 0 Å². The molecule has 0 saturated heterocycles. The molecule has 2 heterocycles. The Labute approximate surface area is 139 Å². The number of H-pyrrole nitrogens is 1. The van der Waals surface area contributed by atoms with Crippen molar-refractivity contribution >= 4 is 11.6 Å². The molecule has 24 heavy (non-hydrogen) atoms. The molecule has 0 fully saturated rings. The molecule has 0 aliphatic rings. The lowest BCUT2D eigenvalue weighted by Gasteiger charge is -2.07. The molecule has 2 N–H and O–H groups in total. The first-order valence-corrected chi connectivity index (χ1v) is 7.47. The number of hydrogen-bond acceptors (Lipinski definition) is 5. The van der Waals surface area contributed by atoms with Crippen molar-refractivity contribution in [2.75, 3.05) is 5.32 Å². The Hall–Kier alpha value is -3.22. The number of nitrogens with zero attached hydrogens (tertiary/aromatic N) is 3. The molecular formula is C17H17N5O2. The highest BCUT2D eigenvalue weighted by Gasteiger charge is 2.11. The number of rotatable bonds is 5. The highest BCUT2D eigenvalue weighted by atomic mass is 16.5. The van der Waals surface area contributed by atoms with Crippen LogP contribution in [0.4, 0.5) is 5.69 Å². The maximum atomic E-state index is 12.2. The summed E-state index contributed by atoms with van der Waals surface area (Å²) in [6.45, 7) is 3.78. The highest BCUT2D eigenvalue weighted by Crippen LogP contribution is 2.20. The van der Waals surface area contributed by atoms with Crippen LogP contribution in [0.15, 0.2) is 42.7 Å². The van der Waals surface area contributed by atoms with Gasteiger partial charge in [-0.15, -0.1) is 0 Å². The van der Waals surface area contributed by atoms with E-state index in [9.17, 15) is 4.79 Å². The SMILES string of the molecule is Cc1n[nH]c(C)c1CC(=O)Nc1ccc(Oc2ncccn2)cc1. The van der Waals surface area contributed by atoms with Gasteiger partial charge in [0.25, 0.3) is 0 Å². The van der Waals surface area contributed by atoms with Crippen molar-refractivity contribution in [3.05, 3.63) is 59.7 Å². The van der Waals surface area contributed by atoms with Crippen molar-refractivity contribution in [3.8, 4) is 11.8 Å². The van der Waals surface area contributed by atoms with E-state index in [1.54, 1.807) is 42.7 Å². The Kier molecular flexibility index (Phi) is 4.51. The maximum absolute atomic E-state index is 12.2.